The molecule has 1 aromatic carbocycles. The Morgan fingerprint density at radius 3 is 2.69 bits per heavy atom. The van der Waals surface area contributed by atoms with Crippen molar-refractivity contribution in [2.45, 2.75) is 38.2 Å². The number of anilines is 1. The molecule has 0 saturated heterocycles. The van der Waals surface area contributed by atoms with Gasteiger partial charge in [0.05, 0.1) is 5.60 Å². The Morgan fingerprint density at radius 2 is 2.06 bits per heavy atom. The predicted octanol–water partition coefficient (Wildman–Crippen LogP) is 3.47. The van der Waals surface area contributed by atoms with E-state index in [1.807, 2.05) is 6.07 Å². The topological polar surface area (TPSA) is 32.3 Å². The Hall–Kier alpha value is -0.540. The van der Waals surface area contributed by atoms with E-state index in [-0.39, 0.29) is 0 Å². The van der Waals surface area contributed by atoms with E-state index in [9.17, 15) is 5.11 Å². The molecule has 0 heterocycles. The summed E-state index contributed by atoms with van der Waals surface area (Å²) in [5, 5.41) is 13.6. The molecule has 0 atom stereocenters. The zero-order valence-electron chi connectivity index (χ0n) is 9.59. The highest BCUT2D eigenvalue weighted by Gasteiger charge is 2.30. The molecule has 1 aliphatic rings. The Balaban J connectivity index is 1.99. The second kappa shape index (κ2) is 4.76. The number of aliphatic hydroxyl groups is 1. The van der Waals surface area contributed by atoms with Gasteiger partial charge in [0.25, 0.3) is 0 Å². The van der Waals surface area contributed by atoms with Gasteiger partial charge < -0.3 is 10.4 Å². The van der Waals surface area contributed by atoms with Crippen LogP contribution in [-0.4, -0.2) is 17.3 Å². The van der Waals surface area contributed by atoms with Gasteiger partial charge in [-0.2, -0.15) is 0 Å². The highest BCUT2D eigenvalue weighted by molar-refractivity contribution is 9.10. The molecule has 0 spiro atoms. The minimum atomic E-state index is -0.487. The molecule has 1 saturated carbocycles. The van der Waals surface area contributed by atoms with E-state index >= 15 is 0 Å². The van der Waals surface area contributed by atoms with Crippen molar-refractivity contribution >= 4 is 21.6 Å². The van der Waals surface area contributed by atoms with Gasteiger partial charge in [-0.05, 0) is 43.5 Å². The van der Waals surface area contributed by atoms with Crippen molar-refractivity contribution in [2.75, 3.05) is 11.9 Å². The molecule has 0 aliphatic heterocycles. The van der Waals surface area contributed by atoms with Gasteiger partial charge in [-0.15, -0.1) is 0 Å². The van der Waals surface area contributed by atoms with Gasteiger partial charge in [-0.1, -0.05) is 28.8 Å². The molecular weight excluding hydrogens is 266 g/mol. The van der Waals surface area contributed by atoms with E-state index in [0.29, 0.717) is 6.54 Å². The molecule has 16 heavy (non-hydrogen) atoms. The second-order valence-electron chi connectivity index (χ2n) is 4.74. The first-order valence-corrected chi connectivity index (χ1v) is 6.61. The van der Waals surface area contributed by atoms with Gasteiger partial charge in [0.15, 0.2) is 0 Å². The molecule has 0 aromatic heterocycles. The van der Waals surface area contributed by atoms with Crippen molar-refractivity contribution < 1.29 is 5.11 Å². The lowest BCUT2D eigenvalue weighted by Crippen LogP contribution is -2.33. The molecule has 3 heteroatoms. The first-order chi connectivity index (χ1) is 7.59. The minimum absolute atomic E-state index is 0.487. The number of hydrogen-bond donors (Lipinski definition) is 2. The van der Waals surface area contributed by atoms with Gasteiger partial charge in [0.1, 0.15) is 0 Å². The van der Waals surface area contributed by atoms with Crippen LogP contribution in [0.4, 0.5) is 5.69 Å². The summed E-state index contributed by atoms with van der Waals surface area (Å²) < 4.78 is 1.09. The molecule has 0 bridgehead atoms. The summed E-state index contributed by atoms with van der Waals surface area (Å²) in [4.78, 5) is 0. The summed E-state index contributed by atoms with van der Waals surface area (Å²) in [6, 6.07) is 6.16. The molecule has 88 valence electrons. The van der Waals surface area contributed by atoms with Crippen LogP contribution in [-0.2, 0) is 0 Å². The fourth-order valence-corrected chi connectivity index (χ4v) is 2.77. The van der Waals surface area contributed by atoms with Crippen molar-refractivity contribution in [1.82, 2.24) is 0 Å². The van der Waals surface area contributed by atoms with E-state index in [1.165, 1.54) is 5.56 Å². The van der Waals surface area contributed by atoms with Crippen LogP contribution in [0.1, 0.15) is 31.2 Å². The van der Waals surface area contributed by atoms with Crippen LogP contribution in [0.3, 0.4) is 0 Å². The standard InChI is InChI=1S/C13H18BrNO/c1-10-8-11(14)4-5-12(10)15-9-13(16)6-2-3-7-13/h4-5,8,15-16H,2-3,6-7,9H2,1H3. The molecule has 1 aliphatic carbocycles. The molecule has 0 amide bonds. The molecular formula is C13H18BrNO. The number of aryl methyl sites for hydroxylation is 1. The molecule has 0 unspecified atom stereocenters. The summed E-state index contributed by atoms with van der Waals surface area (Å²) in [5.74, 6) is 0. The minimum Gasteiger partial charge on any atom is -0.388 e. The third-order valence-corrected chi connectivity index (χ3v) is 3.82. The zero-order chi connectivity index (χ0) is 11.6. The van der Waals surface area contributed by atoms with Crippen molar-refractivity contribution in [2.24, 2.45) is 0 Å². The second-order valence-corrected chi connectivity index (χ2v) is 5.66. The van der Waals surface area contributed by atoms with Crippen LogP contribution in [0.5, 0.6) is 0 Å². The molecule has 1 fully saturated rings. The predicted molar refractivity (Wildman–Crippen MR) is 70.8 cm³/mol. The van der Waals surface area contributed by atoms with E-state index in [0.717, 1.165) is 35.8 Å². The Labute approximate surface area is 105 Å². The Bertz CT molecular complexity index is 372. The third kappa shape index (κ3) is 2.77. The number of hydrogen-bond acceptors (Lipinski definition) is 2. The summed E-state index contributed by atoms with van der Waals surface area (Å²) in [5.41, 5.74) is 1.83. The van der Waals surface area contributed by atoms with Gasteiger partial charge >= 0.3 is 0 Å². The highest BCUT2D eigenvalue weighted by atomic mass is 79.9. The largest absolute Gasteiger partial charge is 0.388 e. The van der Waals surface area contributed by atoms with Crippen molar-refractivity contribution in [3.8, 4) is 0 Å². The van der Waals surface area contributed by atoms with Crippen molar-refractivity contribution in [3.05, 3.63) is 28.2 Å². The van der Waals surface area contributed by atoms with Crippen LogP contribution in [0, 0.1) is 6.92 Å². The Morgan fingerprint density at radius 1 is 1.38 bits per heavy atom. The van der Waals surface area contributed by atoms with Crippen LogP contribution in [0.25, 0.3) is 0 Å². The van der Waals surface area contributed by atoms with Crippen molar-refractivity contribution in [1.29, 1.82) is 0 Å². The van der Waals surface area contributed by atoms with Crippen LogP contribution >= 0.6 is 15.9 Å². The average Bonchev–Trinajstić information content (AvgIpc) is 2.64. The van der Waals surface area contributed by atoms with E-state index in [1.54, 1.807) is 0 Å². The fraction of sp³-hybridized carbons (Fsp3) is 0.538. The maximum absolute atomic E-state index is 10.2. The van der Waals surface area contributed by atoms with Gasteiger partial charge in [0.2, 0.25) is 0 Å². The normalized spacial score (nSPS) is 18.7. The van der Waals surface area contributed by atoms with Crippen LogP contribution < -0.4 is 5.32 Å². The van der Waals surface area contributed by atoms with E-state index in [4.69, 9.17) is 0 Å². The monoisotopic (exact) mass is 283 g/mol. The summed E-state index contributed by atoms with van der Waals surface area (Å²) in [6.45, 7) is 2.74. The maximum atomic E-state index is 10.2. The van der Waals surface area contributed by atoms with Crippen LogP contribution in [0.2, 0.25) is 0 Å². The highest BCUT2D eigenvalue weighted by Crippen LogP contribution is 2.30. The maximum Gasteiger partial charge on any atom is 0.0819 e. The van der Waals surface area contributed by atoms with E-state index < -0.39 is 5.60 Å². The van der Waals surface area contributed by atoms with E-state index in [2.05, 4.69) is 40.3 Å². The molecule has 2 nitrogen and oxygen atoms in total. The van der Waals surface area contributed by atoms with Gasteiger partial charge in [-0.25, -0.2) is 0 Å². The summed E-state index contributed by atoms with van der Waals surface area (Å²) in [7, 11) is 0. The van der Waals surface area contributed by atoms with Crippen molar-refractivity contribution in [3.63, 3.8) is 0 Å². The SMILES string of the molecule is Cc1cc(Br)ccc1NCC1(O)CCCC1. The number of nitrogens with one attached hydrogen (secondary N) is 1. The lowest BCUT2D eigenvalue weighted by Gasteiger charge is -2.23. The zero-order valence-corrected chi connectivity index (χ0v) is 11.2. The average molecular weight is 284 g/mol. The number of halogens is 1. The summed E-state index contributed by atoms with van der Waals surface area (Å²) >= 11 is 3.45. The smallest absolute Gasteiger partial charge is 0.0819 e. The lowest BCUT2D eigenvalue weighted by molar-refractivity contribution is 0.0614. The quantitative estimate of drug-likeness (QED) is 0.890. The lowest BCUT2D eigenvalue weighted by atomic mass is 10.0. The van der Waals surface area contributed by atoms with Gasteiger partial charge in [-0.3, -0.25) is 0 Å². The number of benzene rings is 1. The molecule has 2 rings (SSSR count). The number of rotatable bonds is 3. The van der Waals surface area contributed by atoms with Gasteiger partial charge in [0, 0.05) is 16.7 Å². The first-order valence-electron chi connectivity index (χ1n) is 5.81. The molecule has 0 radical (unpaired) electrons. The molecule has 1 aromatic rings. The summed E-state index contributed by atoms with van der Waals surface area (Å²) in [6.07, 6.45) is 4.15. The molecule has 2 N–H and O–H groups in total. The van der Waals surface area contributed by atoms with Crippen LogP contribution in [0.15, 0.2) is 22.7 Å². The fourth-order valence-electron chi connectivity index (χ4n) is 2.30. The Kier molecular flexibility index (Phi) is 3.55. The third-order valence-electron chi connectivity index (χ3n) is 3.33. The first kappa shape index (κ1) is 11.9.